The van der Waals surface area contributed by atoms with Gasteiger partial charge in [0.15, 0.2) is 0 Å². The average Bonchev–Trinajstić information content (AvgIpc) is 2.61. The zero-order chi connectivity index (χ0) is 17.6. The van der Waals surface area contributed by atoms with Gasteiger partial charge in [-0.1, -0.05) is 35.9 Å². The second-order valence-corrected chi connectivity index (χ2v) is 6.92. The molecule has 0 spiro atoms. The van der Waals surface area contributed by atoms with Crippen molar-refractivity contribution in [3.05, 3.63) is 65.5 Å². The monoisotopic (exact) mass is 338 g/mol. The SMILES string of the molecule is CC(=O)N1CC[C@H](OCc2cccnc2)[C@H](Cc2cccc(C)c2)C1. The molecule has 2 atom stereocenters. The van der Waals surface area contributed by atoms with Crippen molar-refractivity contribution < 1.29 is 9.53 Å². The molecule has 1 aliphatic heterocycles. The Morgan fingerprint density at radius 2 is 2.12 bits per heavy atom. The van der Waals surface area contributed by atoms with Gasteiger partial charge in [-0.3, -0.25) is 9.78 Å². The lowest BCUT2D eigenvalue weighted by Gasteiger charge is -2.38. The second kappa shape index (κ2) is 8.26. The van der Waals surface area contributed by atoms with Crippen LogP contribution in [0.1, 0.15) is 30.0 Å². The molecule has 1 saturated heterocycles. The van der Waals surface area contributed by atoms with Crippen LogP contribution >= 0.6 is 0 Å². The fourth-order valence-corrected chi connectivity index (χ4v) is 3.54. The number of piperidine rings is 1. The highest BCUT2D eigenvalue weighted by Crippen LogP contribution is 2.25. The van der Waals surface area contributed by atoms with E-state index in [1.807, 2.05) is 23.2 Å². The van der Waals surface area contributed by atoms with Gasteiger partial charge in [0.1, 0.15) is 0 Å². The summed E-state index contributed by atoms with van der Waals surface area (Å²) in [5, 5.41) is 0. The summed E-state index contributed by atoms with van der Waals surface area (Å²) in [5.41, 5.74) is 3.67. The quantitative estimate of drug-likeness (QED) is 0.839. The van der Waals surface area contributed by atoms with Crippen LogP contribution < -0.4 is 0 Å². The molecule has 4 heteroatoms. The maximum atomic E-state index is 11.8. The van der Waals surface area contributed by atoms with E-state index >= 15 is 0 Å². The third-order valence-electron chi connectivity index (χ3n) is 4.88. The molecule has 25 heavy (non-hydrogen) atoms. The third-order valence-corrected chi connectivity index (χ3v) is 4.88. The van der Waals surface area contributed by atoms with Gasteiger partial charge >= 0.3 is 0 Å². The molecule has 0 N–H and O–H groups in total. The lowest BCUT2D eigenvalue weighted by molar-refractivity contribution is -0.134. The topological polar surface area (TPSA) is 42.4 Å². The van der Waals surface area contributed by atoms with E-state index in [4.69, 9.17) is 4.74 Å². The molecule has 1 amide bonds. The van der Waals surface area contributed by atoms with Gasteiger partial charge in [0.2, 0.25) is 5.91 Å². The Kier molecular flexibility index (Phi) is 5.82. The number of benzene rings is 1. The summed E-state index contributed by atoms with van der Waals surface area (Å²) in [7, 11) is 0. The Morgan fingerprint density at radius 3 is 2.84 bits per heavy atom. The summed E-state index contributed by atoms with van der Waals surface area (Å²) in [4.78, 5) is 17.9. The number of rotatable bonds is 5. The highest BCUT2D eigenvalue weighted by atomic mass is 16.5. The molecule has 0 saturated carbocycles. The van der Waals surface area contributed by atoms with Gasteiger partial charge in [-0.25, -0.2) is 0 Å². The Hall–Kier alpha value is -2.20. The normalized spacial score (nSPS) is 20.5. The zero-order valence-electron chi connectivity index (χ0n) is 15.0. The van der Waals surface area contributed by atoms with E-state index in [-0.39, 0.29) is 12.0 Å². The number of carbonyl (C=O) groups excluding carboxylic acids is 1. The minimum Gasteiger partial charge on any atom is -0.373 e. The van der Waals surface area contributed by atoms with Crippen LogP contribution in [0.3, 0.4) is 0 Å². The second-order valence-electron chi connectivity index (χ2n) is 6.92. The highest BCUT2D eigenvalue weighted by molar-refractivity contribution is 5.73. The number of amides is 1. The van der Waals surface area contributed by atoms with E-state index in [1.165, 1.54) is 11.1 Å². The molecule has 0 aliphatic carbocycles. The smallest absolute Gasteiger partial charge is 0.219 e. The Balaban J connectivity index is 1.69. The van der Waals surface area contributed by atoms with Crippen LogP contribution in [-0.2, 0) is 22.6 Å². The fourth-order valence-electron chi connectivity index (χ4n) is 3.54. The standard InChI is InChI=1S/C21H26N2O2/c1-16-5-3-6-18(11-16)12-20-14-23(17(2)24)10-8-21(20)25-15-19-7-4-9-22-13-19/h3-7,9,11,13,20-21H,8,10,12,14-15H2,1-2H3/t20-,21+/m1/s1. The zero-order valence-corrected chi connectivity index (χ0v) is 15.0. The van der Waals surface area contributed by atoms with Crippen molar-refractivity contribution in [3.8, 4) is 0 Å². The molecule has 1 aliphatic rings. The molecule has 2 aromatic rings. The van der Waals surface area contributed by atoms with E-state index in [2.05, 4.69) is 36.2 Å². The molecule has 4 nitrogen and oxygen atoms in total. The average molecular weight is 338 g/mol. The number of nitrogens with zero attached hydrogens (tertiary/aromatic N) is 2. The molecule has 0 bridgehead atoms. The summed E-state index contributed by atoms with van der Waals surface area (Å²) in [6, 6.07) is 12.6. The summed E-state index contributed by atoms with van der Waals surface area (Å²) in [5.74, 6) is 0.469. The number of aryl methyl sites for hydroxylation is 1. The van der Waals surface area contributed by atoms with Gasteiger partial charge in [0, 0.05) is 38.3 Å². The van der Waals surface area contributed by atoms with E-state index < -0.39 is 0 Å². The first-order valence-corrected chi connectivity index (χ1v) is 8.93. The van der Waals surface area contributed by atoms with Crippen molar-refractivity contribution >= 4 is 5.91 Å². The van der Waals surface area contributed by atoms with Gasteiger partial charge in [0.25, 0.3) is 0 Å². The van der Waals surface area contributed by atoms with Crippen molar-refractivity contribution in [1.82, 2.24) is 9.88 Å². The van der Waals surface area contributed by atoms with Crippen molar-refractivity contribution in [2.24, 2.45) is 5.92 Å². The van der Waals surface area contributed by atoms with Crippen molar-refractivity contribution in [1.29, 1.82) is 0 Å². The predicted octanol–water partition coefficient (Wildman–Crippen LogP) is 3.39. The molecule has 0 unspecified atom stereocenters. The maximum Gasteiger partial charge on any atom is 0.219 e. The summed E-state index contributed by atoms with van der Waals surface area (Å²) in [6.07, 6.45) is 5.60. The first kappa shape index (κ1) is 17.6. The molecule has 1 fully saturated rings. The van der Waals surface area contributed by atoms with Crippen molar-refractivity contribution in [2.45, 2.75) is 39.4 Å². The number of pyridine rings is 1. The third kappa shape index (κ3) is 4.89. The molecular formula is C21H26N2O2. The summed E-state index contributed by atoms with van der Waals surface area (Å²) >= 11 is 0. The number of hydrogen-bond acceptors (Lipinski definition) is 3. The molecule has 3 rings (SSSR count). The first-order valence-electron chi connectivity index (χ1n) is 8.93. The van der Waals surface area contributed by atoms with E-state index in [0.29, 0.717) is 12.5 Å². The van der Waals surface area contributed by atoms with Crippen molar-refractivity contribution in [3.63, 3.8) is 0 Å². The summed E-state index contributed by atoms with van der Waals surface area (Å²) < 4.78 is 6.23. The number of likely N-dealkylation sites (tertiary alicyclic amines) is 1. The van der Waals surface area contributed by atoms with Gasteiger partial charge in [0.05, 0.1) is 12.7 Å². The lowest BCUT2D eigenvalue weighted by Crippen LogP contribution is -2.46. The van der Waals surface area contributed by atoms with Crippen LogP contribution in [0, 0.1) is 12.8 Å². The van der Waals surface area contributed by atoms with Crippen molar-refractivity contribution in [2.75, 3.05) is 13.1 Å². The van der Waals surface area contributed by atoms with E-state index in [0.717, 1.165) is 31.5 Å². The number of ether oxygens (including phenoxy) is 1. The number of carbonyl (C=O) groups is 1. The first-order chi connectivity index (χ1) is 12.1. The van der Waals surface area contributed by atoms with Crippen LogP contribution in [-0.4, -0.2) is 35.0 Å². The van der Waals surface area contributed by atoms with Gasteiger partial charge < -0.3 is 9.64 Å². The Bertz CT molecular complexity index is 702. The van der Waals surface area contributed by atoms with Gasteiger partial charge in [-0.05, 0) is 37.0 Å². The van der Waals surface area contributed by atoms with Crippen LogP contribution in [0.15, 0.2) is 48.8 Å². The molecule has 1 aromatic carbocycles. The van der Waals surface area contributed by atoms with Crippen LogP contribution in [0.25, 0.3) is 0 Å². The number of aromatic nitrogens is 1. The van der Waals surface area contributed by atoms with Crippen LogP contribution in [0.2, 0.25) is 0 Å². The highest BCUT2D eigenvalue weighted by Gasteiger charge is 2.31. The minimum atomic E-state index is 0.153. The van der Waals surface area contributed by atoms with E-state index in [9.17, 15) is 4.79 Å². The van der Waals surface area contributed by atoms with Crippen LogP contribution in [0.5, 0.6) is 0 Å². The minimum absolute atomic E-state index is 0.153. The van der Waals surface area contributed by atoms with Gasteiger partial charge in [-0.15, -0.1) is 0 Å². The van der Waals surface area contributed by atoms with Gasteiger partial charge in [-0.2, -0.15) is 0 Å². The molecule has 1 aromatic heterocycles. The summed E-state index contributed by atoms with van der Waals surface area (Å²) in [6.45, 7) is 5.88. The van der Waals surface area contributed by atoms with E-state index in [1.54, 1.807) is 13.1 Å². The molecule has 132 valence electrons. The van der Waals surface area contributed by atoms with Crippen LogP contribution in [0.4, 0.5) is 0 Å². The molecule has 2 heterocycles. The molecular weight excluding hydrogens is 312 g/mol. The number of hydrogen-bond donors (Lipinski definition) is 0. The fraction of sp³-hybridized carbons (Fsp3) is 0.429. The maximum absolute atomic E-state index is 11.8. The lowest BCUT2D eigenvalue weighted by atomic mass is 9.88. The Morgan fingerprint density at radius 1 is 1.28 bits per heavy atom. The molecule has 0 radical (unpaired) electrons. The Labute approximate surface area is 149 Å². The predicted molar refractivity (Wildman–Crippen MR) is 98.1 cm³/mol. The largest absolute Gasteiger partial charge is 0.373 e.